The minimum Gasteiger partial charge on any atom is -0.307 e. The molecular formula is C22H21ClN2O. The smallest absolute Gasteiger partial charge is 0.241 e. The molecule has 26 heavy (non-hydrogen) atoms. The van der Waals surface area contributed by atoms with Gasteiger partial charge >= 0.3 is 0 Å². The number of amides is 1. The fourth-order valence-corrected chi connectivity index (χ4v) is 2.83. The molecule has 0 aliphatic rings. The second-order valence-corrected chi connectivity index (χ2v) is 6.47. The molecule has 0 aromatic heterocycles. The van der Waals surface area contributed by atoms with Gasteiger partial charge in [0.2, 0.25) is 5.91 Å². The van der Waals surface area contributed by atoms with E-state index in [-0.39, 0.29) is 12.5 Å². The maximum absolute atomic E-state index is 12.8. The minimum atomic E-state index is 0.0361. The number of para-hydroxylation sites is 1. The van der Waals surface area contributed by atoms with Crippen molar-refractivity contribution in [3.8, 4) is 0 Å². The van der Waals surface area contributed by atoms with Crippen molar-refractivity contribution in [3.05, 3.63) is 101 Å². The average molecular weight is 365 g/mol. The van der Waals surface area contributed by atoms with Crippen LogP contribution < -0.4 is 10.2 Å². The monoisotopic (exact) mass is 364 g/mol. The van der Waals surface area contributed by atoms with Crippen LogP contribution in [0.5, 0.6) is 0 Å². The summed E-state index contributed by atoms with van der Waals surface area (Å²) in [5.41, 5.74) is 3.09. The number of halogens is 1. The number of anilines is 1. The molecule has 0 heterocycles. The van der Waals surface area contributed by atoms with E-state index in [1.54, 1.807) is 0 Å². The minimum absolute atomic E-state index is 0.0361. The van der Waals surface area contributed by atoms with E-state index in [1.165, 1.54) is 0 Å². The van der Waals surface area contributed by atoms with Crippen LogP contribution in [0.15, 0.2) is 84.9 Å². The van der Waals surface area contributed by atoms with Crippen molar-refractivity contribution in [3.63, 3.8) is 0 Å². The van der Waals surface area contributed by atoms with Crippen LogP contribution in [0, 0.1) is 0 Å². The lowest BCUT2D eigenvalue weighted by molar-refractivity contribution is -0.118. The summed E-state index contributed by atoms with van der Waals surface area (Å²) in [6.07, 6.45) is 0. The normalized spacial score (nSPS) is 10.5. The Balaban J connectivity index is 1.65. The van der Waals surface area contributed by atoms with Crippen molar-refractivity contribution in [2.24, 2.45) is 0 Å². The van der Waals surface area contributed by atoms with Crippen LogP contribution in [0.25, 0.3) is 0 Å². The first-order valence-corrected chi connectivity index (χ1v) is 8.95. The van der Waals surface area contributed by atoms with Crippen LogP contribution in [0.2, 0.25) is 5.02 Å². The zero-order chi connectivity index (χ0) is 18.2. The molecule has 1 N–H and O–H groups in total. The van der Waals surface area contributed by atoms with Gasteiger partial charge in [0.05, 0.1) is 13.1 Å². The van der Waals surface area contributed by atoms with E-state index < -0.39 is 0 Å². The molecule has 3 aromatic carbocycles. The Morgan fingerprint density at radius 2 is 1.42 bits per heavy atom. The highest BCUT2D eigenvalue weighted by molar-refractivity contribution is 6.30. The molecule has 0 bridgehead atoms. The summed E-state index contributed by atoms with van der Waals surface area (Å²) in [5, 5.41) is 3.93. The predicted octanol–water partition coefficient (Wildman–Crippen LogP) is 4.66. The van der Waals surface area contributed by atoms with E-state index in [1.807, 2.05) is 89.8 Å². The highest BCUT2D eigenvalue weighted by Gasteiger charge is 2.15. The molecule has 0 unspecified atom stereocenters. The number of nitrogens with one attached hydrogen (secondary N) is 1. The highest BCUT2D eigenvalue weighted by Crippen LogP contribution is 2.17. The Hall–Kier alpha value is -2.62. The maximum Gasteiger partial charge on any atom is 0.241 e. The van der Waals surface area contributed by atoms with Gasteiger partial charge in [-0.15, -0.1) is 0 Å². The third kappa shape index (κ3) is 5.19. The number of hydrogen-bond acceptors (Lipinski definition) is 2. The molecule has 1 amide bonds. The fraction of sp³-hybridized carbons (Fsp3) is 0.136. The first kappa shape index (κ1) is 18.2. The van der Waals surface area contributed by atoms with Crippen LogP contribution in [0.3, 0.4) is 0 Å². The number of hydrogen-bond donors (Lipinski definition) is 1. The summed E-state index contributed by atoms with van der Waals surface area (Å²) >= 11 is 5.90. The van der Waals surface area contributed by atoms with Gasteiger partial charge in [0.25, 0.3) is 0 Å². The first-order chi connectivity index (χ1) is 12.7. The van der Waals surface area contributed by atoms with E-state index in [9.17, 15) is 4.79 Å². The van der Waals surface area contributed by atoms with E-state index in [4.69, 9.17) is 11.6 Å². The van der Waals surface area contributed by atoms with E-state index >= 15 is 0 Å². The summed E-state index contributed by atoms with van der Waals surface area (Å²) in [6.45, 7) is 1.44. The summed E-state index contributed by atoms with van der Waals surface area (Å²) in [7, 11) is 0. The molecule has 0 fully saturated rings. The van der Waals surface area contributed by atoms with Crippen molar-refractivity contribution in [2.45, 2.75) is 13.1 Å². The van der Waals surface area contributed by atoms with E-state index in [2.05, 4.69) is 5.32 Å². The Morgan fingerprint density at radius 3 is 2.08 bits per heavy atom. The number of carbonyl (C=O) groups excluding carboxylic acids is 1. The van der Waals surface area contributed by atoms with E-state index in [0.717, 1.165) is 16.8 Å². The molecule has 3 rings (SSSR count). The zero-order valence-corrected chi connectivity index (χ0v) is 15.2. The van der Waals surface area contributed by atoms with Gasteiger partial charge in [0.1, 0.15) is 0 Å². The third-order valence-electron chi connectivity index (χ3n) is 4.07. The summed E-state index contributed by atoms with van der Waals surface area (Å²) in [6, 6.07) is 27.4. The van der Waals surface area contributed by atoms with Gasteiger partial charge in [0, 0.05) is 17.3 Å². The molecule has 3 aromatic rings. The topological polar surface area (TPSA) is 32.3 Å². The van der Waals surface area contributed by atoms with Crippen molar-refractivity contribution < 1.29 is 4.79 Å². The Morgan fingerprint density at radius 1 is 0.808 bits per heavy atom. The standard InChI is InChI=1S/C22H21ClN2O/c23-20-13-11-18(12-14-20)15-24-16-22(26)25(21-9-5-2-6-10-21)17-19-7-3-1-4-8-19/h1-14,24H,15-17H2. The summed E-state index contributed by atoms with van der Waals surface area (Å²) in [5.74, 6) is 0.0361. The van der Waals surface area contributed by atoms with Gasteiger partial charge in [-0.2, -0.15) is 0 Å². The summed E-state index contributed by atoms with van der Waals surface area (Å²) in [4.78, 5) is 14.6. The molecule has 0 radical (unpaired) electrons. The van der Waals surface area contributed by atoms with Crippen LogP contribution in [0.1, 0.15) is 11.1 Å². The Bertz CT molecular complexity index is 820. The van der Waals surface area contributed by atoms with E-state index in [0.29, 0.717) is 18.1 Å². The molecule has 0 atom stereocenters. The third-order valence-corrected chi connectivity index (χ3v) is 4.32. The average Bonchev–Trinajstić information content (AvgIpc) is 2.69. The Labute approximate surface area is 159 Å². The van der Waals surface area contributed by atoms with Crippen molar-refractivity contribution in [1.29, 1.82) is 0 Å². The van der Waals surface area contributed by atoms with Crippen LogP contribution in [-0.2, 0) is 17.9 Å². The van der Waals surface area contributed by atoms with Crippen molar-refractivity contribution >= 4 is 23.2 Å². The summed E-state index contributed by atoms with van der Waals surface area (Å²) < 4.78 is 0. The predicted molar refractivity (Wildman–Crippen MR) is 107 cm³/mol. The number of carbonyl (C=O) groups is 1. The Kier molecular flexibility index (Phi) is 6.42. The molecule has 0 aliphatic heterocycles. The SMILES string of the molecule is O=C(CNCc1ccc(Cl)cc1)N(Cc1ccccc1)c1ccccc1. The maximum atomic E-state index is 12.8. The molecule has 0 saturated heterocycles. The first-order valence-electron chi connectivity index (χ1n) is 8.57. The molecule has 0 aliphatic carbocycles. The lowest BCUT2D eigenvalue weighted by atomic mass is 10.2. The molecular weight excluding hydrogens is 344 g/mol. The number of benzene rings is 3. The highest BCUT2D eigenvalue weighted by atomic mass is 35.5. The quantitative estimate of drug-likeness (QED) is 0.661. The van der Waals surface area contributed by atoms with Crippen LogP contribution >= 0.6 is 11.6 Å². The molecule has 4 heteroatoms. The van der Waals surface area contributed by atoms with Gasteiger partial charge < -0.3 is 10.2 Å². The molecule has 0 saturated carbocycles. The van der Waals surface area contributed by atoms with Crippen LogP contribution in [-0.4, -0.2) is 12.5 Å². The van der Waals surface area contributed by atoms with Crippen molar-refractivity contribution in [1.82, 2.24) is 5.32 Å². The zero-order valence-electron chi connectivity index (χ0n) is 14.4. The second kappa shape index (κ2) is 9.18. The molecule has 3 nitrogen and oxygen atoms in total. The van der Waals surface area contributed by atoms with Crippen LogP contribution in [0.4, 0.5) is 5.69 Å². The molecule has 132 valence electrons. The van der Waals surface area contributed by atoms with Gasteiger partial charge in [-0.25, -0.2) is 0 Å². The van der Waals surface area contributed by atoms with Gasteiger partial charge in [0.15, 0.2) is 0 Å². The van der Waals surface area contributed by atoms with Gasteiger partial charge in [-0.1, -0.05) is 72.3 Å². The van der Waals surface area contributed by atoms with Crippen molar-refractivity contribution in [2.75, 3.05) is 11.4 Å². The lowest BCUT2D eigenvalue weighted by Crippen LogP contribution is -2.37. The number of rotatable bonds is 7. The molecule has 0 spiro atoms. The fourth-order valence-electron chi connectivity index (χ4n) is 2.71. The largest absolute Gasteiger partial charge is 0.307 e. The lowest BCUT2D eigenvalue weighted by Gasteiger charge is -2.23. The van der Waals surface area contributed by atoms with Gasteiger partial charge in [-0.05, 0) is 35.4 Å². The second-order valence-electron chi connectivity index (χ2n) is 6.03. The van der Waals surface area contributed by atoms with Gasteiger partial charge in [-0.3, -0.25) is 4.79 Å². The number of nitrogens with zero attached hydrogens (tertiary/aromatic N) is 1.